The van der Waals surface area contributed by atoms with E-state index < -0.39 is 15.8 Å². The van der Waals surface area contributed by atoms with Crippen molar-refractivity contribution in [3.05, 3.63) is 48.3 Å². The van der Waals surface area contributed by atoms with Gasteiger partial charge in [0.05, 0.1) is 11.4 Å². The molecule has 0 aromatic heterocycles. The van der Waals surface area contributed by atoms with Crippen LogP contribution in [0.4, 0.5) is 10.1 Å². The van der Waals surface area contributed by atoms with Crippen molar-refractivity contribution in [3.8, 4) is 11.5 Å². The first-order chi connectivity index (χ1) is 14.4. The van der Waals surface area contributed by atoms with Crippen molar-refractivity contribution < 1.29 is 27.1 Å². The smallest absolute Gasteiger partial charge is 0.243 e. The summed E-state index contributed by atoms with van der Waals surface area (Å²) < 4.78 is 50.7. The number of anilines is 1. The van der Waals surface area contributed by atoms with Crippen LogP contribution in [-0.4, -0.2) is 63.0 Å². The molecule has 160 valence electrons. The molecule has 1 N–H and O–H groups in total. The Hall–Kier alpha value is -2.69. The molecule has 0 unspecified atom stereocenters. The first-order valence-electron chi connectivity index (χ1n) is 9.59. The monoisotopic (exact) mass is 435 g/mol. The van der Waals surface area contributed by atoms with E-state index in [9.17, 15) is 17.6 Å². The molecule has 0 saturated carbocycles. The van der Waals surface area contributed by atoms with Crippen LogP contribution in [0.25, 0.3) is 0 Å². The van der Waals surface area contributed by atoms with E-state index in [1.165, 1.54) is 16.4 Å². The molecule has 0 radical (unpaired) electrons. The van der Waals surface area contributed by atoms with E-state index in [1.807, 2.05) is 4.90 Å². The quantitative estimate of drug-likeness (QED) is 0.772. The van der Waals surface area contributed by atoms with Crippen molar-refractivity contribution in [1.82, 2.24) is 9.21 Å². The van der Waals surface area contributed by atoms with Gasteiger partial charge >= 0.3 is 0 Å². The van der Waals surface area contributed by atoms with Crippen molar-refractivity contribution in [2.24, 2.45) is 0 Å². The normalized spacial score (nSPS) is 17.5. The third kappa shape index (κ3) is 4.55. The van der Waals surface area contributed by atoms with Crippen LogP contribution in [0.3, 0.4) is 0 Å². The number of rotatable bonds is 5. The van der Waals surface area contributed by atoms with Gasteiger partial charge in [-0.1, -0.05) is 0 Å². The average Bonchev–Trinajstić information content (AvgIpc) is 3.05. The van der Waals surface area contributed by atoms with Gasteiger partial charge in [-0.15, -0.1) is 0 Å². The predicted octanol–water partition coefficient (Wildman–Crippen LogP) is 1.89. The number of carbonyl (C=O) groups is 1. The zero-order valence-electron chi connectivity index (χ0n) is 16.2. The SMILES string of the molecule is O=C(CN1CCCN(S(=O)(=O)c2ccc(F)cc2)CC1)Nc1ccc2c(c1)OCO2. The summed E-state index contributed by atoms with van der Waals surface area (Å²) in [5.41, 5.74) is 0.611. The minimum absolute atomic E-state index is 0.0675. The van der Waals surface area contributed by atoms with Gasteiger partial charge in [-0.05, 0) is 49.4 Å². The molecular formula is C20H22FN3O5S. The fourth-order valence-electron chi connectivity index (χ4n) is 3.48. The number of hydrogen-bond acceptors (Lipinski definition) is 6. The highest BCUT2D eigenvalue weighted by molar-refractivity contribution is 7.89. The van der Waals surface area contributed by atoms with E-state index in [4.69, 9.17) is 9.47 Å². The van der Waals surface area contributed by atoms with Gasteiger partial charge in [0.1, 0.15) is 5.82 Å². The molecule has 4 rings (SSSR count). The number of nitrogens with one attached hydrogen (secondary N) is 1. The number of nitrogens with zero attached hydrogens (tertiary/aromatic N) is 2. The summed E-state index contributed by atoms with van der Waals surface area (Å²) in [6.07, 6.45) is 0.595. The number of amides is 1. The highest BCUT2D eigenvalue weighted by atomic mass is 32.2. The minimum Gasteiger partial charge on any atom is -0.454 e. The van der Waals surface area contributed by atoms with E-state index in [2.05, 4.69) is 5.32 Å². The zero-order chi connectivity index (χ0) is 21.1. The second-order valence-electron chi connectivity index (χ2n) is 7.10. The van der Waals surface area contributed by atoms with Gasteiger partial charge in [0.2, 0.25) is 22.7 Å². The van der Waals surface area contributed by atoms with Crippen LogP contribution >= 0.6 is 0 Å². The average molecular weight is 435 g/mol. The third-order valence-electron chi connectivity index (χ3n) is 5.02. The lowest BCUT2D eigenvalue weighted by Gasteiger charge is -2.21. The van der Waals surface area contributed by atoms with Gasteiger partial charge in [0, 0.05) is 31.4 Å². The molecule has 10 heteroatoms. The second-order valence-corrected chi connectivity index (χ2v) is 9.04. The number of fused-ring (bicyclic) bond motifs is 1. The molecule has 0 spiro atoms. The number of ether oxygens (including phenoxy) is 2. The van der Waals surface area contributed by atoms with Gasteiger partial charge in [-0.2, -0.15) is 4.31 Å². The molecule has 2 aromatic rings. The first-order valence-corrected chi connectivity index (χ1v) is 11.0. The highest BCUT2D eigenvalue weighted by Gasteiger charge is 2.27. The van der Waals surface area contributed by atoms with Crippen molar-refractivity contribution in [2.45, 2.75) is 11.3 Å². The van der Waals surface area contributed by atoms with E-state index in [0.717, 1.165) is 12.1 Å². The summed E-state index contributed by atoms with van der Waals surface area (Å²) in [7, 11) is -3.69. The molecule has 0 aliphatic carbocycles. The van der Waals surface area contributed by atoms with E-state index in [0.29, 0.717) is 43.2 Å². The fourth-order valence-corrected chi connectivity index (χ4v) is 4.95. The maximum absolute atomic E-state index is 13.1. The Morgan fingerprint density at radius 1 is 1.00 bits per heavy atom. The van der Waals surface area contributed by atoms with Crippen LogP contribution < -0.4 is 14.8 Å². The van der Waals surface area contributed by atoms with Gasteiger partial charge in [0.25, 0.3) is 0 Å². The molecule has 1 amide bonds. The molecule has 1 saturated heterocycles. The Bertz CT molecular complexity index is 1030. The molecule has 2 aliphatic rings. The predicted molar refractivity (Wildman–Crippen MR) is 107 cm³/mol. The summed E-state index contributed by atoms with van der Waals surface area (Å²) in [4.78, 5) is 14.4. The summed E-state index contributed by atoms with van der Waals surface area (Å²) in [5, 5.41) is 2.83. The molecule has 2 aromatic carbocycles. The topological polar surface area (TPSA) is 88.2 Å². The van der Waals surface area contributed by atoms with E-state index in [-0.39, 0.29) is 30.7 Å². The van der Waals surface area contributed by atoms with Crippen LogP contribution in [0.15, 0.2) is 47.4 Å². The first kappa shape index (κ1) is 20.6. The standard InChI is InChI=1S/C20H22FN3O5S/c21-15-2-5-17(6-3-15)30(26,27)24-9-1-8-23(10-11-24)13-20(25)22-16-4-7-18-19(12-16)29-14-28-18/h2-7,12H,1,8-11,13-14H2,(H,22,25). The molecule has 2 heterocycles. The van der Waals surface area contributed by atoms with Crippen molar-refractivity contribution >= 4 is 21.6 Å². The number of sulfonamides is 1. The molecule has 0 bridgehead atoms. The molecular weight excluding hydrogens is 413 g/mol. The Morgan fingerprint density at radius 3 is 2.57 bits per heavy atom. The molecule has 2 aliphatic heterocycles. The van der Waals surface area contributed by atoms with Gasteiger partial charge < -0.3 is 14.8 Å². The van der Waals surface area contributed by atoms with Crippen LogP contribution in [0.5, 0.6) is 11.5 Å². The summed E-state index contributed by atoms with van der Waals surface area (Å²) in [6, 6.07) is 10.00. The molecule has 30 heavy (non-hydrogen) atoms. The van der Waals surface area contributed by atoms with Crippen LogP contribution in [0, 0.1) is 5.82 Å². The molecule has 0 atom stereocenters. The summed E-state index contributed by atoms with van der Waals surface area (Å²) in [6.45, 7) is 1.95. The summed E-state index contributed by atoms with van der Waals surface area (Å²) >= 11 is 0. The van der Waals surface area contributed by atoms with Crippen molar-refractivity contribution in [1.29, 1.82) is 0 Å². The van der Waals surface area contributed by atoms with Crippen LogP contribution in [-0.2, 0) is 14.8 Å². The zero-order valence-corrected chi connectivity index (χ0v) is 17.0. The number of halogens is 1. The van der Waals surface area contributed by atoms with Crippen LogP contribution in [0.1, 0.15) is 6.42 Å². The summed E-state index contributed by atoms with van der Waals surface area (Å²) in [5.74, 6) is 0.556. The Balaban J connectivity index is 1.34. The Morgan fingerprint density at radius 2 is 1.77 bits per heavy atom. The number of benzene rings is 2. The Kier molecular flexibility index (Phi) is 5.89. The van der Waals surface area contributed by atoms with Gasteiger partial charge in [-0.25, -0.2) is 12.8 Å². The molecule has 1 fully saturated rings. The Labute approximate surface area is 174 Å². The third-order valence-corrected chi connectivity index (χ3v) is 6.94. The highest BCUT2D eigenvalue weighted by Crippen LogP contribution is 2.34. The maximum Gasteiger partial charge on any atom is 0.243 e. The van der Waals surface area contributed by atoms with Gasteiger partial charge in [-0.3, -0.25) is 9.69 Å². The largest absolute Gasteiger partial charge is 0.454 e. The lowest BCUT2D eigenvalue weighted by Crippen LogP contribution is -2.38. The fraction of sp³-hybridized carbons (Fsp3) is 0.350. The van der Waals surface area contributed by atoms with Gasteiger partial charge in [0.15, 0.2) is 11.5 Å². The second kappa shape index (κ2) is 8.58. The number of carbonyl (C=O) groups excluding carboxylic acids is 1. The lowest BCUT2D eigenvalue weighted by molar-refractivity contribution is -0.117. The minimum atomic E-state index is -3.69. The molecule has 8 nitrogen and oxygen atoms in total. The number of hydrogen-bond donors (Lipinski definition) is 1. The lowest BCUT2D eigenvalue weighted by atomic mass is 10.2. The van der Waals surface area contributed by atoms with E-state index in [1.54, 1.807) is 18.2 Å². The van der Waals surface area contributed by atoms with Crippen LogP contribution in [0.2, 0.25) is 0 Å². The van der Waals surface area contributed by atoms with E-state index >= 15 is 0 Å². The maximum atomic E-state index is 13.1. The van der Waals surface area contributed by atoms with Crippen molar-refractivity contribution in [3.63, 3.8) is 0 Å². The van der Waals surface area contributed by atoms with Crippen molar-refractivity contribution in [2.75, 3.05) is 44.8 Å².